The summed E-state index contributed by atoms with van der Waals surface area (Å²) in [5.74, 6) is -0.762. The molecule has 2 N–H and O–H groups in total. The number of nitriles is 1. The minimum Gasteiger partial charge on any atom is -0.465 e. The molecule has 0 saturated carbocycles. The first kappa shape index (κ1) is 24.5. The summed E-state index contributed by atoms with van der Waals surface area (Å²) < 4.78 is 5.49. The number of nitrogens with zero attached hydrogens (tertiary/aromatic N) is 4. The van der Waals surface area contributed by atoms with E-state index < -0.39 is 5.92 Å². The standard InChI is InChI=1S/C22H19Cl2N5O3S2/c1-2-32-17(31)10-33-22-28-27-21(34-22)29-15-4-3-5-16(30)19(15)18(12(9-25)20(29)26)11-6-7-13(23)14(24)8-11/h6-8,18H,2-5,10,26H2,1H3. The number of ketones is 1. The molecule has 4 rings (SSSR count). The van der Waals surface area contributed by atoms with Gasteiger partial charge in [-0.2, -0.15) is 5.26 Å². The van der Waals surface area contributed by atoms with Crippen LogP contribution in [0.3, 0.4) is 0 Å². The maximum absolute atomic E-state index is 13.1. The predicted molar refractivity (Wildman–Crippen MR) is 132 cm³/mol. The van der Waals surface area contributed by atoms with Crippen molar-refractivity contribution in [2.24, 2.45) is 5.73 Å². The number of carbonyl (C=O) groups excluding carboxylic acids is 2. The number of aromatic nitrogens is 2. The number of ether oxygens (including phenoxy) is 1. The highest BCUT2D eigenvalue weighted by atomic mass is 35.5. The molecule has 0 fully saturated rings. The summed E-state index contributed by atoms with van der Waals surface area (Å²) >= 11 is 14.8. The summed E-state index contributed by atoms with van der Waals surface area (Å²) in [5.41, 5.74) is 8.61. The SMILES string of the molecule is CCOC(=O)CSc1nnc(N2C(N)=C(C#N)C(c3ccc(Cl)c(Cl)c3)C3=C2CCCC3=O)s1. The van der Waals surface area contributed by atoms with Gasteiger partial charge in [-0.25, -0.2) is 0 Å². The molecule has 8 nitrogen and oxygen atoms in total. The lowest BCUT2D eigenvalue weighted by Crippen LogP contribution is -2.38. The zero-order valence-electron chi connectivity index (χ0n) is 18.0. The molecule has 34 heavy (non-hydrogen) atoms. The van der Waals surface area contributed by atoms with Crippen LogP contribution in [0.2, 0.25) is 10.0 Å². The summed E-state index contributed by atoms with van der Waals surface area (Å²) in [5, 5.41) is 19.6. The van der Waals surface area contributed by atoms with Crippen LogP contribution in [0.1, 0.15) is 37.7 Å². The van der Waals surface area contributed by atoms with Crippen molar-refractivity contribution in [3.05, 3.63) is 56.5 Å². The maximum Gasteiger partial charge on any atom is 0.316 e. The molecule has 0 amide bonds. The van der Waals surface area contributed by atoms with Crippen LogP contribution in [0.15, 0.2) is 45.2 Å². The van der Waals surface area contributed by atoms with Crippen LogP contribution in [0.5, 0.6) is 0 Å². The number of carbonyl (C=O) groups is 2. The largest absolute Gasteiger partial charge is 0.465 e. The number of hydrogen-bond acceptors (Lipinski definition) is 10. The fraction of sp³-hybridized carbons (Fsp3) is 0.318. The Labute approximate surface area is 214 Å². The van der Waals surface area contributed by atoms with E-state index in [2.05, 4.69) is 16.3 Å². The summed E-state index contributed by atoms with van der Waals surface area (Å²) in [7, 11) is 0. The molecule has 1 unspecified atom stereocenters. The number of allylic oxidation sites excluding steroid dienone is 3. The van der Waals surface area contributed by atoms with Gasteiger partial charge in [-0.15, -0.1) is 10.2 Å². The van der Waals surface area contributed by atoms with E-state index in [0.29, 0.717) is 62.2 Å². The Hall–Kier alpha value is -2.58. The summed E-state index contributed by atoms with van der Waals surface area (Å²) in [6.45, 7) is 2.05. The van der Waals surface area contributed by atoms with Gasteiger partial charge in [0.2, 0.25) is 5.13 Å². The van der Waals surface area contributed by atoms with Gasteiger partial charge < -0.3 is 10.5 Å². The van der Waals surface area contributed by atoms with Crippen LogP contribution in [-0.4, -0.2) is 34.3 Å². The summed E-state index contributed by atoms with van der Waals surface area (Å²) in [6.07, 6.45) is 1.61. The van der Waals surface area contributed by atoms with Crippen LogP contribution in [0.25, 0.3) is 0 Å². The average molecular weight is 536 g/mol. The lowest BCUT2D eigenvalue weighted by atomic mass is 9.76. The van der Waals surface area contributed by atoms with Crippen molar-refractivity contribution in [2.45, 2.75) is 36.4 Å². The lowest BCUT2D eigenvalue weighted by Gasteiger charge is -2.38. The smallest absolute Gasteiger partial charge is 0.316 e. The van der Waals surface area contributed by atoms with Gasteiger partial charge in [0.15, 0.2) is 10.1 Å². The zero-order valence-corrected chi connectivity index (χ0v) is 21.2. The second-order valence-corrected chi connectivity index (χ2v) is 10.4. The predicted octanol–water partition coefficient (Wildman–Crippen LogP) is 4.80. The maximum atomic E-state index is 13.1. The van der Waals surface area contributed by atoms with Crippen molar-refractivity contribution in [2.75, 3.05) is 17.3 Å². The third-order valence-corrected chi connectivity index (χ3v) is 8.15. The molecule has 1 atom stereocenters. The van der Waals surface area contributed by atoms with Crippen LogP contribution < -0.4 is 10.6 Å². The lowest BCUT2D eigenvalue weighted by molar-refractivity contribution is -0.139. The van der Waals surface area contributed by atoms with Gasteiger partial charge in [0.1, 0.15) is 5.82 Å². The van der Waals surface area contributed by atoms with Gasteiger partial charge >= 0.3 is 5.97 Å². The normalized spacial score (nSPS) is 18.1. The van der Waals surface area contributed by atoms with Crippen molar-refractivity contribution >= 4 is 63.2 Å². The minimum absolute atomic E-state index is 0.0519. The number of rotatable bonds is 6. The fourth-order valence-electron chi connectivity index (χ4n) is 4.00. The minimum atomic E-state index is -0.649. The number of anilines is 1. The Bertz CT molecular complexity index is 1270. The molecular weight excluding hydrogens is 517 g/mol. The van der Waals surface area contributed by atoms with Gasteiger partial charge in [0, 0.05) is 17.7 Å². The molecule has 0 radical (unpaired) electrons. The van der Waals surface area contributed by atoms with Crippen molar-refractivity contribution in [3.8, 4) is 6.07 Å². The number of halogens is 2. The van der Waals surface area contributed by atoms with Crippen LogP contribution in [-0.2, 0) is 14.3 Å². The fourth-order valence-corrected chi connectivity index (χ4v) is 5.99. The van der Waals surface area contributed by atoms with Gasteiger partial charge in [-0.1, -0.05) is 52.4 Å². The summed E-state index contributed by atoms with van der Waals surface area (Å²) in [4.78, 5) is 26.5. The molecule has 1 aromatic carbocycles. The van der Waals surface area contributed by atoms with E-state index in [9.17, 15) is 14.9 Å². The third kappa shape index (κ3) is 4.66. The first-order valence-electron chi connectivity index (χ1n) is 10.4. The number of hydrogen-bond donors (Lipinski definition) is 1. The number of Topliss-reactive ketones (excluding diaryl/α,β-unsaturated/α-hetero) is 1. The topological polar surface area (TPSA) is 122 Å². The van der Waals surface area contributed by atoms with E-state index in [-0.39, 0.29) is 28.9 Å². The van der Waals surface area contributed by atoms with E-state index >= 15 is 0 Å². The number of benzene rings is 1. The molecule has 1 aliphatic carbocycles. The van der Waals surface area contributed by atoms with Gasteiger partial charge in [0.05, 0.1) is 40.0 Å². The van der Waals surface area contributed by atoms with Gasteiger partial charge in [-0.3, -0.25) is 14.5 Å². The highest BCUT2D eigenvalue weighted by Gasteiger charge is 2.41. The molecule has 2 aliphatic rings. The molecule has 0 saturated heterocycles. The molecule has 176 valence electrons. The van der Waals surface area contributed by atoms with Crippen molar-refractivity contribution in [1.82, 2.24) is 10.2 Å². The van der Waals surface area contributed by atoms with Gasteiger partial charge in [0.25, 0.3) is 0 Å². The molecule has 1 aromatic heterocycles. The van der Waals surface area contributed by atoms with Crippen molar-refractivity contribution < 1.29 is 14.3 Å². The highest BCUT2D eigenvalue weighted by Crippen LogP contribution is 2.47. The van der Waals surface area contributed by atoms with Crippen molar-refractivity contribution in [3.63, 3.8) is 0 Å². The second kappa shape index (κ2) is 10.4. The van der Waals surface area contributed by atoms with E-state index in [1.54, 1.807) is 30.0 Å². The third-order valence-electron chi connectivity index (χ3n) is 5.40. The monoisotopic (exact) mass is 535 g/mol. The quantitative estimate of drug-likeness (QED) is 0.410. The molecule has 2 aromatic rings. The molecule has 0 bridgehead atoms. The second-order valence-electron chi connectivity index (χ2n) is 7.43. The Kier molecular flexibility index (Phi) is 7.48. The molecule has 2 heterocycles. The van der Waals surface area contributed by atoms with E-state index in [0.717, 1.165) is 0 Å². The number of esters is 1. The molecular formula is C22H19Cl2N5O3S2. The Morgan fingerprint density at radius 2 is 2.15 bits per heavy atom. The zero-order chi connectivity index (χ0) is 24.4. The highest BCUT2D eigenvalue weighted by molar-refractivity contribution is 8.01. The number of thioether (sulfide) groups is 1. The van der Waals surface area contributed by atoms with E-state index in [4.69, 9.17) is 33.7 Å². The average Bonchev–Trinajstić information content (AvgIpc) is 3.27. The Morgan fingerprint density at radius 3 is 2.85 bits per heavy atom. The van der Waals surface area contributed by atoms with Crippen LogP contribution in [0.4, 0.5) is 5.13 Å². The van der Waals surface area contributed by atoms with Gasteiger partial charge in [-0.05, 0) is 37.5 Å². The molecule has 1 aliphatic heterocycles. The molecule has 0 spiro atoms. The number of nitrogens with two attached hydrogens (primary N) is 1. The Morgan fingerprint density at radius 1 is 1.35 bits per heavy atom. The van der Waals surface area contributed by atoms with Crippen molar-refractivity contribution in [1.29, 1.82) is 5.26 Å². The Balaban J connectivity index is 1.77. The van der Waals surface area contributed by atoms with Crippen LogP contribution in [0, 0.1) is 11.3 Å². The van der Waals surface area contributed by atoms with Crippen LogP contribution >= 0.6 is 46.3 Å². The van der Waals surface area contributed by atoms with E-state index in [1.807, 2.05) is 0 Å². The van der Waals surface area contributed by atoms with E-state index in [1.165, 1.54) is 23.1 Å². The summed E-state index contributed by atoms with van der Waals surface area (Å²) in [6, 6.07) is 7.25. The molecule has 12 heteroatoms. The first-order chi connectivity index (χ1) is 16.3. The first-order valence-corrected chi connectivity index (χ1v) is 12.9.